The molecule has 1 aliphatic rings. The number of anilines is 1. The number of ether oxygens (including phenoxy) is 4. The first-order chi connectivity index (χ1) is 12.1. The maximum atomic E-state index is 12.5. The van der Waals surface area contributed by atoms with E-state index in [1.165, 1.54) is 12.0 Å². The molecule has 0 saturated carbocycles. The van der Waals surface area contributed by atoms with E-state index in [4.69, 9.17) is 14.2 Å². The van der Waals surface area contributed by atoms with Gasteiger partial charge in [-0.25, -0.2) is 9.59 Å². The number of amides is 1. The van der Waals surface area contributed by atoms with Crippen molar-refractivity contribution in [3.63, 3.8) is 0 Å². The van der Waals surface area contributed by atoms with Gasteiger partial charge in [0.25, 0.3) is 0 Å². The zero-order valence-electron chi connectivity index (χ0n) is 15.2. The first kappa shape index (κ1) is 19.3. The van der Waals surface area contributed by atoms with Gasteiger partial charge in [-0.15, -0.1) is 0 Å². The second-order valence-corrected chi connectivity index (χ2v) is 6.38. The third-order valence-corrected chi connectivity index (χ3v) is 3.45. The minimum atomic E-state index is -0.921. The molecule has 142 valence electrons. The standard InChI is InChI=1S/C16H20N2O8/c1-16(2,3)26-15(20)17-6-7-25-13-11(18(21)22)9(14(19)24-5)8-10(23-4)12(13)17/h8H,6-7H2,1-5H3. The second kappa shape index (κ2) is 7.06. The highest BCUT2D eigenvalue weighted by Crippen LogP contribution is 2.48. The van der Waals surface area contributed by atoms with E-state index in [0.29, 0.717) is 0 Å². The van der Waals surface area contributed by atoms with Crippen molar-refractivity contribution >= 4 is 23.4 Å². The Balaban J connectivity index is 2.68. The fourth-order valence-corrected chi connectivity index (χ4v) is 2.46. The molecule has 1 heterocycles. The van der Waals surface area contributed by atoms with Crippen molar-refractivity contribution < 1.29 is 33.5 Å². The lowest BCUT2D eigenvalue weighted by molar-refractivity contribution is -0.386. The first-order valence-corrected chi connectivity index (χ1v) is 7.71. The summed E-state index contributed by atoms with van der Waals surface area (Å²) in [4.78, 5) is 36.5. The molecule has 10 nitrogen and oxygen atoms in total. The highest BCUT2D eigenvalue weighted by atomic mass is 16.6. The summed E-state index contributed by atoms with van der Waals surface area (Å²) in [6, 6.07) is 1.15. The van der Waals surface area contributed by atoms with Gasteiger partial charge in [0.15, 0.2) is 0 Å². The number of nitro benzene ring substituents is 1. The summed E-state index contributed by atoms with van der Waals surface area (Å²) in [5, 5.41) is 11.6. The fraction of sp³-hybridized carbons (Fsp3) is 0.500. The van der Waals surface area contributed by atoms with E-state index >= 15 is 0 Å². The molecule has 0 unspecified atom stereocenters. The average Bonchev–Trinajstić information content (AvgIpc) is 2.57. The number of carbonyl (C=O) groups excluding carboxylic acids is 2. The van der Waals surface area contributed by atoms with E-state index in [0.717, 1.165) is 13.2 Å². The van der Waals surface area contributed by atoms with Crippen LogP contribution < -0.4 is 14.4 Å². The third-order valence-electron chi connectivity index (χ3n) is 3.45. The smallest absolute Gasteiger partial charge is 0.415 e. The number of benzene rings is 1. The lowest BCUT2D eigenvalue weighted by Crippen LogP contribution is -2.42. The van der Waals surface area contributed by atoms with E-state index in [-0.39, 0.29) is 35.9 Å². The SMILES string of the molecule is COC(=O)c1cc(OC)c2c(c1[N+](=O)[O-])OCCN2C(=O)OC(C)(C)C. The van der Waals surface area contributed by atoms with Crippen LogP contribution >= 0.6 is 0 Å². The molecule has 0 N–H and O–H groups in total. The second-order valence-electron chi connectivity index (χ2n) is 6.38. The number of carbonyl (C=O) groups is 2. The predicted octanol–water partition coefficient (Wildman–Crippen LogP) is 2.52. The van der Waals surface area contributed by atoms with Gasteiger partial charge in [-0.05, 0) is 20.8 Å². The maximum Gasteiger partial charge on any atom is 0.415 e. The summed E-state index contributed by atoms with van der Waals surface area (Å²) in [5.41, 5.74) is -1.66. The van der Waals surface area contributed by atoms with Crippen LogP contribution in [0.15, 0.2) is 6.07 Å². The minimum absolute atomic E-state index is 0.0130. The Hall–Kier alpha value is -3.04. The van der Waals surface area contributed by atoms with Crippen molar-refractivity contribution in [2.24, 2.45) is 0 Å². The van der Waals surface area contributed by atoms with Crippen LogP contribution in [0.4, 0.5) is 16.2 Å². The lowest BCUT2D eigenvalue weighted by atomic mass is 10.1. The lowest BCUT2D eigenvalue weighted by Gasteiger charge is -2.32. The molecule has 1 aromatic rings. The van der Waals surface area contributed by atoms with Crippen LogP contribution in [0.25, 0.3) is 0 Å². The maximum absolute atomic E-state index is 12.5. The zero-order valence-corrected chi connectivity index (χ0v) is 15.2. The van der Waals surface area contributed by atoms with Gasteiger partial charge in [-0.3, -0.25) is 15.0 Å². The molecule has 10 heteroatoms. The van der Waals surface area contributed by atoms with Gasteiger partial charge in [0, 0.05) is 6.07 Å². The minimum Gasteiger partial charge on any atom is -0.494 e. The summed E-state index contributed by atoms with van der Waals surface area (Å²) in [6.07, 6.45) is -0.708. The number of esters is 1. The van der Waals surface area contributed by atoms with Crippen molar-refractivity contribution in [1.82, 2.24) is 0 Å². The van der Waals surface area contributed by atoms with E-state index in [2.05, 4.69) is 4.74 Å². The molecule has 2 rings (SSSR count). The Morgan fingerprint density at radius 1 is 1.31 bits per heavy atom. The van der Waals surface area contributed by atoms with Gasteiger partial charge in [0.2, 0.25) is 5.75 Å². The summed E-state index contributed by atoms with van der Waals surface area (Å²) in [5.74, 6) is -1.11. The van der Waals surface area contributed by atoms with Crippen molar-refractivity contribution in [3.05, 3.63) is 21.7 Å². The van der Waals surface area contributed by atoms with Crippen LogP contribution in [0.5, 0.6) is 11.5 Å². The molecule has 0 radical (unpaired) electrons. The largest absolute Gasteiger partial charge is 0.494 e. The number of hydrogen-bond donors (Lipinski definition) is 0. The van der Waals surface area contributed by atoms with Crippen LogP contribution in [-0.2, 0) is 9.47 Å². The Morgan fingerprint density at radius 3 is 2.46 bits per heavy atom. The van der Waals surface area contributed by atoms with Gasteiger partial charge in [-0.2, -0.15) is 0 Å². The topological polar surface area (TPSA) is 117 Å². The number of nitrogens with zero attached hydrogens (tertiary/aromatic N) is 2. The number of hydrogen-bond acceptors (Lipinski definition) is 8. The number of methoxy groups -OCH3 is 2. The van der Waals surface area contributed by atoms with Crippen LogP contribution in [0.1, 0.15) is 31.1 Å². The van der Waals surface area contributed by atoms with Crippen LogP contribution in [0.2, 0.25) is 0 Å². The molecular formula is C16H20N2O8. The van der Waals surface area contributed by atoms with Gasteiger partial charge < -0.3 is 18.9 Å². The molecule has 0 fully saturated rings. The van der Waals surface area contributed by atoms with E-state index < -0.39 is 28.3 Å². The quantitative estimate of drug-likeness (QED) is 0.454. The average molecular weight is 368 g/mol. The molecule has 26 heavy (non-hydrogen) atoms. The molecule has 0 aliphatic carbocycles. The summed E-state index contributed by atoms with van der Waals surface area (Å²) in [7, 11) is 2.41. The van der Waals surface area contributed by atoms with E-state index in [1.54, 1.807) is 20.8 Å². The molecule has 1 amide bonds. The van der Waals surface area contributed by atoms with Gasteiger partial charge >= 0.3 is 17.7 Å². The monoisotopic (exact) mass is 368 g/mol. The summed E-state index contributed by atoms with van der Waals surface area (Å²) >= 11 is 0. The summed E-state index contributed by atoms with van der Waals surface area (Å²) in [6.45, 7) is 5.19. The Morgan fingerprint density at radius 2 is 1.96 bits per heavy atom. The highest BCUT2D eigenvalue weighted by molar-refractivity contribution is 6.01. The molecule has 0 aromatic heterocycles. The molecule has 1 aliphatic heterocycles. The normalized spacial score (nSPS) is 13.3. The van der Waals surface area contributed by atoms with Crippen molar-refractivity contribution in [2.75, 3.05) is 32.3 Å². The molecule has 0 atom stereocenters. The van der Waals surface area contributed by atoms with Gasteiger partial charge in [0.1, 0.15) is 29.2 Å². The molecular weight excluding hydrogens is 348 g/mol. The molecule has 1 aromatic carbocycles. The third kappa shape index (κ3) is 3.63. The van der Waals surface area contributed by atoms with Gasteiger partial charge in [-0.1, -0.05) is 0 Å². The van der Waals surface area contributed by atoms with Crippen molar-refractivity contribution in [2.45, 2.75) is 26.4 Å². The van der Waals surface area contributed by atoms with Crippen molar-refractivity contribution in [1.29, 1.82) is 0 Å². The molecule has 0 spiro atoms. The van der Waals surface area contributed by atoms with Crippen LogP contribution in [0, 0.1) is 10.1 Å². The number of fused-ring (bicyclic) bond motifs is 1. The Bertz CT molecular complexity index is 754. The van der Waals surface area contributed by atoms with E-state index in [1.807, 2.05) is 0 Å². The first-order valence-electron chi connectivity index (χ1n) is 7.71. The molecule has 0 bridgehead atoms. The fourth-order valence-electron chi connectivity index (χ4n) is 2.46. The predicted molar refractivity (Wildman–Crippen MR) is 90.1 cm³/mol. The summed E-state index contributed by atoms with van der Waals surface area (Å²) < 4.78 is 20.6. The van der Waals surface area contributed by atoms with Crippen molar-refractivity contribution in [3.8, 4) is 11.5 Å². The number of rotatable bonds is 3. The Labute approximate surface area is 149 Å². The van der Waals surface area contributed by atoms with Crippen LogP contribution in [0.3, 0.4) is 0 Å². The zero-order chi connectivity index (χ0) is 19.6. The highest BCUT2D eigenvalue weighted by Gasteiger charge is 2.39. The Kier molecular flexibility index (Phi) is 5.24. The van der Waals surface area contributed by atoms with Crippen LogP contribution in [-0.4, -0.2) is 50.0 Å². The number of nitro groups is 1. The molecule has 0 saturated heterocycles. The van der Waals surface area contributed by atoms with Gasteiger partial charge in [0.05, 0.1) is 25.7 Å². The van der Waals surface area contributed by atoms with E-state index in [9.17, 15) is 19.7 Å².